The Labute approximate surface area is 106 Å². The van der Waals surface area contributed by atoms with E-state index in [1.807, 2.05) is 38.2 Å². The summed E-state index contributed by atoms with van der Waals surface area (Å²) >= 11 is 0. The van der Waals surface area contributed by atoms with E-state index < -0.39 is 0 Å². The molecule has 0 radical (unpaired) electrons. The van der Waals surface area contributed by atoms with Crippen molar-refractivity contribution in [1.82, 2.24) is 9.61 Å². The van der Waals surface area contributed by atoms with Crippen molar-refractivity contribution in [2.24, 2.45) is 0 Å². The fourth-order valence-electron chi connectivity index (χ4n) is 2.00. The summed E-state index contributed by atoms with van der Waals surface area (Å²) in [5.41, 5.74) is 3.33. The largest absolute Gasteiger partial charge is 0.462 e. The molecular weight excluding hydrogens is 230 g/mol. The molecule has 96 valence electrons. The Hall–Kier alpha value is -2.04. The Bertz CT molecular complexity index is 587. The Kier molecular flexibility index (Phi) is 3.23. The lowest BCUT2D eigenvalue weighted by Gasteiger charge is -2.17. The zero-order valence-corrected chi connectivity index (χ0v) is 11.1. The number of anilines is 1. The molecule has 0 N–H and O–H groups in total. The number of nitrogens with zero attached hydrogens (tertiary/aromatic N) is 3. The number of hydrogen-bond acceptors (Lipinski definition) is 4. The summed E-state index contributed by atoms with van der Waals surface area (Å²) in [7, 11) is 3.81. The van der Waals surface area contributed by atoms with Crippen molar-refractivity contribution in [2.75, 3.05) is 25.6 Å². The molecule has 0 aliphatic carbocycles. The van der Waals surface area contributed by atoms with Gasteiger partial charge in [0.15, 0.2) is 0 Å². The Morgan fingerprint density at radius 1 is 1.50 bits per heavy atom. The van der Waals surface area contributed by atoms with Gasteiger partial charge in [-0.25, -0.2) is 9.31 Å². The number of ether oxygens (including phenoxy) is 1. The van der Waals surface area contributed by atoms with Gasteiger partial charge in [0.1, 0.15) is 5.56 Å². The number of rotatable bonds is 3. The molecule has 18 heavy (non-hydrogen) atoms. The van der Waals surface area contributed by atoms with E-state index in [9.17, 15) is 4.79 Å². The number of carbonyl (C=O) groups excluding carboxylic acids is 1. The molecule has 0 aliphatic rings. The highest BCUT2D eigenvalue weighted by molar-refractivity contribution is 5.99. The van der Waals surface area contributed by atoms with E-state index in [0.29, 0.717) is 12.2 Å². The van der Waals surface area contributed by atoms with E-state index in [1.165, 1.54) is 0 Å². The zero-order chi connectivity index (χ0) is 13.3. The van der Waals surface area contributed by atoms with Gasteiger partial charge in [-0.1, -0.05) is 0 Å². The smallest absolute Gasteiger partial charge is 0.341 e. The van der Waals surface area contributed by atoms with E-state index in [0.717, 1.165) is 16.8 Å². The van der Waals surface area contributed by atoms with E-state index >= 15 is 0 Å². The number of hydrogen-bond donors (Lipinski definition) is 0. The second kappa shape index (κ2) is 4.68. The van der Waals surface area contributed by atoms with E-state index in [-0.39, 0.29) is 5.97 Å². The maximum atomic E-state index is 11.9. The first-order valence-electron chi connectivity index (χ1n) is 5.87. The van der Waals surface area contributed by atoms with Crippen LogP contribution in [0.2, 0.25) is 0 Å². The first-order chi connectivity index (χ1) is 8.54. The number of aromatic nitrogens is 2. The Balaban J connectivity index is 2.66. The van der Waals surface area contributed by atoms with Gasteiger partial charge >= 0.3 is 5.97 Å². The van der Waals surface area contributed by atoms with Crippen molar-refractivity contribution in [3.63, 3.8) is 0 Å². The maximum Gasteiger partial charge on any atom is 0.341 e. The van der Waals surface area contributed by atoms with Crippen LogP contribution in [0.3, 0.4) is 0 Å². The predicted molar refractivity (Wildman–Crippen MR) is 70.2 cm³/mol. The van der Waals surface area contributed by atoms with Gasteiger partial charge < -0.3 is 9.64 Å². The summed E-state index contributed by atoms with van der Waals surface area (Å²) < 4.78 is 6.83. The highest BCUT2D eigenvalue weighted by atomic mass is 16.5. The molecule has 2 aromatic heterocycles. The lowest BCUT2D eigenvalue weighted by molar-refractivity contribution is 0.0526. The third-order valence-corrected chi connectivity index (χ3v) is 2.69. The molecule has 0 saturated carbocycles. The average molecular weight is 247 g/mol. The Morgan fingerprint density at radius 2 is 2.22 bits per heavy atom. The minimum Gasteiger partial charge on any atom is -0.462 e. The molecule has 0 bridgehead atoms. The van der Waals surface area contributed by atoms with Crippen LogP contribution in [0.15, 0.2) is 18.5 Å². The lowest BCUT2D eigenvalue weighted by Crippen LogP contribution is -2.17. The molecule has 0 amide bonds. The number of carbonyl (C=O) groups is 1. The van der Waals surface area contributed by atoms with Crippen molar-refractivity contribution in [1.29, 1.82) is 0 Å². The van der Waals surface area contributed by atoms with Crippen molar-refractivity contribution in [3.05, 3.63) is 29.6 Å². The summed E-state index contributed by atoms with van der Waals surface area (Å²) in [4.78, 5) is 13.8. The minimum absolute atomic E-state index is 0.338. The molecule has 2 rings (SSSR count). The monoisotopic (exact) mass is 247 g/mol. The summed E-state index contributed by atoms with van der Waals surface area (Å²) in [5, 5.41) is 4.24. The SMILES string of the molecule is CCOC(=O)c1cnn2cc(C)cc2c1N(C)C. The molecule has 0 unspecified atom stereocenters. The van der Waals surface area contributed by atoms with Crippen LogP contribution in [0.4, 0.5) is 5.69 Å². The van der Waals surface area contributed by atoms with Crippen LogP contribution in [0.5, 0.6) is 0 Å². The molecule has 0 aromatic carbocycles. The number of fused-ring (bicyclic) bond motifs is 1. The van der Waals surface area contributed by atoms with E-state index in [4.69, 9.17) is 4.74 Å². The van der Waals surface area contributed by atoms with Crippen LogP contribution in [0.1, 0.15) is 22.8 Å². The van der Waals surface area contributed by atoms with E-state index in [2.05, 4.69) is 5.10 Å². The number of aryl methyl sites for hydroxylation is 1. The molecule has 0 spiro atoms. The van der Waals surface area contributed by atoms with Crippen LogP contribution in [0.25, 0.3) is 5.52 Å². The molecule has 0 saturated heterocycles. The molecular formula is C13H17N3O2. The van der Waals surface area contributed by atoms with Crippen LogP contribution in [-0.2, 0) is 4.74 Å². The second-order valence-electron chi connectivity index (χ2n) is 4.37. The van der Waals surface area contributed by atoms with Crippen LogP contribution in [0, 0.1) is 6.92 Å². The lowest BCUT2D eigenvalue weighted by atomic mass is 10.2. The Morgan fingerprint density at radius 3 is 2.83 bits per heavy atom. The first kappa shape index (κ1) is 12.4. The van der Waals surface area contributed by atoms with Gasteiger partial charge in [0.25, 0.3) is 0 Å². The molecule has 0 aliphatic heterocycles. The zero-order valence-electron chi connectivity index (χ0n) is 11.1. The fraction of sp³-hybridized carbons (Fsp3) is 0.385. The van der Waals surface area contributed by atoms with Crippen LogP contribution < -0.4 is 4.90 Å². The first-order valence-corrected chi connectivity index (χ1v) is 5.87. The normalized spacial score (nSPS) is 10.7. The van der Waals surface area contributed by atoms with Crippen molar-refractivity contribution >= 4 is 17.2 Å². The van der Waals surface area contributed by atoms with Gasteiger partial charge in [0.2, 0.25) is 0 Å². The van der Waals surface area contributed by atoms with Crippen molar-refractivity contribution in [2.45, 2.75) is 13.8 Å². The van der Waals surface area contributed by atoms with Gasteiger partial charge in [0, 0.05) is 20.3 Å². The third kappa shape index (κ3) is 2.03. The standard InChI is InChI=1S/C13H17N3O2/c1-5-18-13(17)10-7-14-16-8-9(2)6-11(16)12(10)15(3)4/h6-8H,5H2,1-4H3. The summed E-state index contributed by atoms with van der Waals surface area (Å²) in [6.45, 7) is 4.15. The quantitative estimate of drug-likeness (QED) is 0.777. The molecule has 2 aromatic rings. The maximum absolute atomic E-state index is 11.9. The average Bonchev–Trinajstić information content (AvgIpc) is 2.67. The second-order valence-corrected chi connectivity index (χ2v) is 4.37. The fourth-order valence-corrected chi connectivity index (χ4v) is 2.00. The molecule has 0 atom stereocenters. The van der Waals surface area contributed by atoms with Gasteiger partial charge in [-0.15, -0.1) is 0 Å². The molecule has 5 heteroatoms. The topological polar surface area (TPSA) is 46.8 Å². The van der Waals surface area contributed by atoms with Gasteiger partial charge in [-0.2, -0.15) is 5.10 Å². The van der Waals surface area contributed by atoms with Crippen molar-refractivity contribution < 1.29 is 9.53 Å². The van der Waals surface area contributed by atoms with Gasteiger partial charge in [0.05, 0.1) is 24.0 Å². The number of esters is 1. The van der Waals surface area contributed by atoms with Gasteiger partial charge in [-0.05, 0) is 25.5 Å². The summed E-state index contributed by atoms with van der Waals surface area (Å²) in [6.07, 6.45) is 3.48. The third-order valence-electron chi connectivity index (χ3n) is 2.69. The minimum atomic E-state index is -0.338. The highest BCUT2D eigenvalue weighted by Crippen LogP contribution is 2.26. The highest BCUT2D eigenvalue weighted by Gasteiger charge is 2.18. The van der Waals surface area contributed by atoms with Crippen molar-refractivity contribution in [3.8, 4) is 0 Å². The van der Waals surface area contributed by atoms with Crippen LogP contribution in [-0.4, -0.2) is 36.3 Å². The van der Waals surface area contributed by atoms with E-state index in [1.54, 1.807) is 17.6 Å². The van der Waals surface area contributed by atoms with Gasteiger partial charge in [-0.3, -0.25) is 0 Å². The van der Waals surface area contributed by atoms with Crippen LogP contribution >= 0.6 is 0 Å². The predicted octanol–water partition coefficient (Wildman–Crippen LogP) is 1.89. The molecule has 5 nitrogen and oxygen atoms in total. The molecule has 2 heterocycles. The summed E-state index contributed by atoms with van der Waals surface area (Å²) in [6, 6.07) is 2.01. The molecule has 0 fully saturated rings. The summed E-state index contributed by atoms with van der Waals surface area (Å²) in [5.74, 6) is -0.338.